The molecule has 0 spiro atoms. The Kier molecular flexibility index (Phi) is 3.06. The van der Waals surface area contributed by atoms with Gasteiger partial charge in [-0.2, -0.15) is 0 Å². The van der Waals surface area contributed by atoms with E-state index < -0.39 is 6.43 Å². The Balaban J connectivity index is 1.80. The number of H-pyrrole nitrogens is 1. The molecule has 1 nitrogen and oxygen atoms in total. The number of hydrogen-bond donors (Lipinski definition) is 1. The van der Waals surface area contributed by atoms with Crippen LogP contribution in [-0.2, 0) is 0 Å². The quantitative estimate of drug-likeness (QED) is 0.793. The molecule has 0 radical (unpaired) electrons. The first kappa shape index (κ1) is 11.7. The fourth-order valence-electron chi connectivity index (χ4n) is 3.11. The molecule has 3 rings (SSSR count). The molecular weight excluding hydrogens is 232 g/mol. The largest absolute Gasteiger partial charge is 0.361 e. The average Bonchev–Trinajstić information content (AvgIpc) is 2.82. The number of rotatable bonds is 2. The van der Waals surface area contributed by atoms with Gasteiger partial charge in [-0.25, -0.2) is 8.78 Å². The predicted octanol–water partition coefficient (Wildman–Crippen LogP) is 4.71. The lowest BCUT2D eigenvalue weighted by Crippen LogP contribution is -2.19. The molecule has 3 heteroatoms. The van der Waals surface area contributed by atoms with E-state index >= 15 is 0 Å². The standard InChI is InChI=1S/C15H17F2N/c16-15(17)11-7-5-10(6-8-11)13-9-18-14-4-2-1-3-12(13)14/h1-4,9-11,15,18H,5-8H2. The minimum atomic E-state index is -2.14. The lowest BCUT2D eigenvalue weighted by atomic mass is 9.79. The highest BCUT2D eigenvalue weighted by Crippen LogP contribution is 2.40. The zero-order valence-corrected chi connectivity index (χ0v) is 10.2. The Bertz CT molecular complexity index is 524. The first-order valence-corrected chi connectivity index (χ1v) is 6.60. The molecule has 1 aromatic heterocycles. The zero-order valence-electron chi connectivity index (χ0n) is 10.2. The van der Waals surface area contributed by atoms with Gasteiger partial charge in [-0.05, 0) is 43.2 Å². The third-order valence-electron chi connectivity index (χ3n) is 4.19. The molecule has 0 saturated heterocycles. The average molecular weight is 249 g/mol. The maximum atomic E-state index is 12.6. The SMILES string of the molecule is FC(F)C1CCC(c2c[nH]c3ccccc23)CC1. The minimum Gasteiger partial charge on any atom is -0.361 e. The predicted molar refractivity (Wildman–Crippen MR) is 69.0 cm³/mol. The number of halogens is 2. The molecule has 0 bridgehead atoms. The van der Waals surface area contributed by atoms with E-state index in [9.17, 15) is 8.78 Å². The lowest BCUT2D eigenvalue weighted by Gasteiger charge is -2.27. The molecule has 1 N–H and O–H groups in total. The van der Waals surface area contributed by atoms with Crippen LogP contribution in [-0.4, -0.2) is 11.4 Å². The summed E-state index contributed by atoms with van der Waals surface area (Å²) < 4.78 is 25.3. The van der Waals surface area contributed by atoms with Gasteiger partial charge in [-0.3, -0.25) is 0 Å². The van der Waals surface area contributed by atoms with Gasteiger partial charge in [0.05, 0.1) is 0 Å². The summed E-state index contributed by atoms with van der Waals surface area (Å²) >= 11 is 0. The molecule has 0 unspecified atom stereocenters. The first-order valence-electron chi connectivity index (χ1n) is 6.60. The van der Waals surface area contributed by atoms with Gasteiger partial charge in [0.25, 0.3) is 0 Å². The molecule has 1 aliphatic carbocycles. The number of aromatic amines is 1. The zero-order chi connectivity index (χ0) is 12.5. The summed E-state index contributed by atoms with van der Waals surface area (Å²) in [6.07, 6.45) is 2.99. The van der Waals surface area contributed by atoms with Crippen LogP contribution in [0.5, 0.6) is 0 Å². The van der Waals surface area contributed by atoms with Crippen LogP contribution in [0.25, 0.3) is 10.9 Å². The van der Waals surface area contributed by atoms with E-state index in [1.165, 1.54) is 10.9 Å². The van der Waals surface area contributed by atoms with E-state index in [4.69, 9.17) is 0 Å². The first-order chi connectivity index (χ1) is 8.75. The van der Waals surface area contributed by atoms with Crippen molar-refractivity contribution in [1.82, 2.24) is 4.98 Å². The van der Waals surface area contributed by atoms with E-state index in [1.54, 1.807) is 0 Å². The molecule has 1 heterocycles. The van der Waals surface area contributed by atoms with E-state index in [0.29, 0.717) is 18.8 Å². The van der Waals surface area contributed by atoms with Gasteiger partial charge in [0.2, 0.25) is 6.43 Å². The molecule has 1 saturated carbocycles. The van der Waals surface area contributed by atoms with Crippen molar-refractivity contribution in [3.8, 4) is 0 Å². The third-order valence-corrected chi connectivity index (χ3v) is 4.19. The number of hydrogen-bond acceptors (Lipinski definition) is 0. The van der Waals surface area contributed by atoms with Crippen LogP contribution in [0, 0.1) is 5.92 Å². The maximum Gasteiger partial charge on any atom is 0.241 e. The molecule has 96 valence electrons. The van der Waals surface area contributed by atoms with E-state index in [1.807, 2.05) is 12.1 Å². The fraction of sp³-hybridized carbons (Fsp3) is 0.467. The minimum absolute atomic E-state index is 0.383. The molecule has 0 amide bonds. The summed E-state index contributed by atoms with van der Waals surface area (Å²) in [5.74, 6) is 0.0580. The van der Waals surface area contributed by atoms with Gasteiger partial charge in [0.1, 0.15) is 0 Å². The molecular formula is C15H17F2N. The van der Waals surface area contributed by atoms with Gasteiger partial charge < -0.3 is 4.98 Å². The van der Waals surface area contributed by atoms with Crippen molar-refractivity contribution in [3.63, 3.8) is 0 Å². The van der Waals surface area contributed by atoms with Gasteiger partial charge in [0.15, 0.2) is 0 Å². The van der Waals surface area contributed by atoms with Crippen molar-refractivity contribution in [2.45, 2.75) is 38.0 Å². The highest BCUT2D eigenvalue weighted by Gasteiger charge is 2.28. The second-order valence-electron chi connectivity index (χ2n) is 5.24. The van der Waals surface area contributed by atoms with Crippen molar-refractivity contribution in [2.24, 2.45) is 5.92 Å². The Labute approximate surface area is 105 Å². The van der Waals surface area contributed by atoms with Crippen LogP contribution in [0.4, 0.5) is 8.78 Å². The summed E-state index contributed by atoms with van der Waals surface area (Å²) in [7, 11) is 0. The molecule has 1 fully saturated rings. The summed E-state index contributed by atoms with van der Waals surface area (Å²) in [5.41, 5.74) is 2.45. The van der Waals surface area contributed by atoms with Gasteiger partial charge >= 0.3 is 0 Å². The molecule has 0 atom stereocenters. The van der Waals surface area contributed by atoms with Crippen molar-refractivity contribution in [2.75, 3.05) is 0 Å². The molecule has 1 aliphatic rings. The topological polar surface area (TPSA) is 15.8 Å². The second-order valence-corrected chi connectivity index (χ2v) is 5.24. The van der Waals surface area contributed by atoms with Crippen LogP contribution in [0.2, 0.25) is 0 Å². The van der Waals surface area contributed by atoms with Crippen LogP contribution in [0.1, 0.15) is 37.2 Å². The molecule has 2 aromatic rings. The van der Waals surface area contributed by atoms with Crippen LogP contribution < -0.4 is 0 Å². The summed E-state index contributed by atoms with van der Waals surface area (Å²) in [5, 5.41) is 1.25. The number of alkyl halides is 2. The highest BCUT2D eigenvalue weighted by atomic mass is 19.3. The van der Waals surface area contributed by atoms with Crippen molar-refractivity contribution in [1.29, 1.82) is 0 Å². The summed E-state index contributed by atoms with van der Waals surface area (Å²) in [4.78, 5) is 3.27. The molecule has 18 heavy (non-hydrogen) atoms. The molecule has 1 aromatic carbocycles. The van der Waals surface area contributed by atoms with Crippen LogP contribution in [0.3, 0.4) is 0 Å². The van der Waals surface area contributed by atoms with Crippen molar-refractivity contribution in [3.05, 3.63) is 36.0 Å². The number of benzene rings is 1. The lowest BCUT2D eigenvalue weighted by molar-refractivity contribution is 0.0529. The van der Waals surface area contributed by atoms with Gasteiger partial charge in [0, 0.05) is 23.0 Å². The molecule has 0 aliphatic heterocycles. The normalized spacial score (nSPS) is 24.8. The highest BCUT2D eigenvalue weighted by molar-refractivity contribution is 5.83. The summed E-state index contributed by atoms with van der Waals surface area (Å²) in [6, 6.07) is 8.21. The van der Waals surface area contributed by atoms with Crippen molar-refractivity contribution >= 4 is 10.9 Å². The van der Waals surface area contributed by atoms with E-state index in [2.05, 4.69) is 23.3 Å². The Morgan fingerprint density at radius 3 is 2.50 bits per heavy atom. The smallest absolute Gasteiger partial charge is 0.241 e. The monoisotopic (exact) mass is 249 g/mol. The van der Waals surface area contributed by atoms with E-state index in [-0.39, 0.29) is 5.92 Å². The third kappa shape index (κ3) is 2.02. The van der Waals surface area contributed by atoms with Gasteiger partial charge in [-0.1, -0.05) is 18.2 Å². The van der Waals surface area contributed by atoms with Crippen LogP contribution >= 0.6 is 0 Å². The number of nitrogens with one attached hydrogen (secondary N) is 1. The second kappa shape index (κ2) is 4.71. The Morgan fingerprint density at radius 1 is 1.06 bits per heavy atom. The van der Waals surface area contributed by atoms with E-state index in [0.717, 1.165) is 18.4 Å². The fourth-order valence-corrected chi connectivity index (χ4v) is 3.11. The number of para-hydroxylation sites is 1. The number of aromatic nitrogens is 1. The van der Waals surface area contributed by atoms with Crippen molar-refractivity contribution < 1.29 is 8.78 Å². The summed E-state index contributed by atoms with van der Waals surface area (Å²) in [6.45, 7) is 0. The Hall–Kier alpha value is -1.38. The Morgan fingerprint density at radius 2 is 1.78 bits per heavy atom. The van der Waals surface area contributed by atoms with Crippen LogP contribution in [0.15, 0.2) is 30.5 Å². The maximum absolute atomic E-state index is 12.6. The number of fused-ring (bicyclic) bond motifs is 1. The van der Waals surface area contributed by atoms with Gasteiger partial charge in [-0.15, -0.1) is 0 Å².